The van der Waals surface area contributed by atoms with E-state index in [1.54, 1.807) is 37.4 Å². The number of furan rings is 1. The minimum absolute atomic E-state index is 0. The predicted molar refractivity (Wildman–Crippen MR) is 233 cm³/mol. The summed E-state index contributed by atoms with van der Waals surface area (Å²) < 4.78 is 33.4. The van der Waals surface area contributed by atoms with Gasteiger partial charge in [-0.25, -0.2) is 0 Å². The molecule has 0 bridgehead atoms. The molecule has 0 atom stereocenters. The number of para-hydroxylation sites is 1. The Kier molecular flexibility index (Phi) is 15.4. The second-order valence-electron chi connectivity index (χ2n) is 13.0. The van der Waals surface area contributed by atoms with Gasteiger partial charge in [0.05, 0.1) is 11.8 Å². The van der Waals surface area contributed by atoms with Gasteiger partial charge in [-0.2, -0.15) is 0 Å². The summed E-state index contributed by atoms with van der Waals surface area (Å²) in [5, 5.41) is 15.7. The third-order valence-corrected chi connectivity index (χ3v) is 15.6. The number of allylic oxidation sites excluding steroid dienone is 1. The molecule has 8 rings (SSSR count). The van der Waals surface area contributed by atoms with E-state index in [9.17, 15) is 23.8 Å². The largest absolute Gasteiger partial charge is 0.506 e. The van der Waals surface area contributed by atoms with Crippen LogP contribution in [0.25, 0.3) is 10.9 Å². The molecule has 2 heterocycles. The van der Waals surface area contributed by atoms with Crippen molar-refractivity contribution in [3.8, 4) is 5.75 Å². The van der Waals surface area contributed by atoms with E-state index in [2.05, 4.69) is 6.58 Å². The molecule has 0 spiro atoms. The van der Waals surface area contributed by atoms with Crippen molar-refractivity contribution in [2.24, 2.45) is 7.05 Å². The van der Waals surface area contributed by atoms with E-state index >= 15 is 0 Å². The van der Waals surface area contributed by atoms with Crippen molar-refractivity contribution in [3.63, 3.8) is 0 Å². The van der Waals surface area contributed by atoms with Gasteiger partial charge in [-0.05, 0) is 36.5 Å². The standard InChI is InChI=1S/C18H15OP.C15H11NO4.C15H15OP.Eu/c19-20(16-10-4-1-5-11-16,17-12-6-2-7-13-17)18-14-8-3-9-15-18;1-16-10-6-3-2-5-9(10)13(17)12(15(16)19)14(18)11-7-4-8-20-11;1-13(2)17(16,14-9-5-3-6-10-14)15-11-7-4-8-12-15;/h1-15H;2-8,17H,1H3;3-12H,1H2,2H3;. The average Bonchev–Trinajstić information content (AvgIpc) is 3.83. The fourth-order valence-electron chi connectivity index (χ4n) is 6.44. The summed E-state index contributed by atoms with van der Waals surface area (Å²) in [7, 11) is -3.91. The number of aromatic nitrogens is 1. The first kappa shape index (κ1) is 44.2. The smallest absolute Gasteiger partial charge is 0.265 e. The molecule has 0 amide bonds. The number of pyridine rings is 1. The number of aromatic hydroxyl groups is 1. The molecule has 10 heteroatoms. The number of nitrogens with zero attached hydrogens (tertiary/aromatic N) is 1. The van der Waals surface area contributed by atoms with Gasteiger partial charge in [-0.15, -0.1) is 0 Å². The maximum atomic E-state index is 13.8. The maximum absolute atomic E-state index is 13.8. The molecule has 8 aromatic rings. The summed E-state index contributed by atoms with van der Waals surface area (Å²) in [6.45, 7) is 5.75. The number of fused-ring (bicyclic) bond motifs is 1. The van der Waals surface area contributed by atoms with Gasteiger partial charge in [0.2, 0.25) is 5.78 Å². The van der Waals surface area contributed by atoms with Gasteiger partial charge in [-0.1, -0.05) is 170 Å². The molecule has 0 aliphatic carbocycles. The van der Waals surface area contributed by atoms with Crippen LogP contribution in [0.2, 0.25) is 0 Å². The maximum Gasteiger partial charge on any atom is 0.265 e. The molecule has 0 saturated heterocycles. The van der Waals surface area contributed by atoms with E-state index in [4.69, 9.17) is 4.42 Å². The fraction of sp³-hybridized carbons (Fsp3) is 0.0417. The molecule has 0 saturated carbocycles. The summed E-state index contributed by atoms with van der Waals surface area (Å²) in [5.41, 5.74) is -0.269. The van der Waals surface area contributed by atoms with Crippen LogP contribution in [0.15, 0.2) is 215 Å². The first-order valence-corrected chi connectivity index (χ1v) is 21.5. The number of hydrogen-bond acceptors (Lipinski definition) is 6. The van der Waals surface area contributed by atoms with Gasteiger partial charge < -0.3 is 23.2 Å². The summed E-state index contributed by atoms with van der Waals surface area (Å²) in [4.78, 5) is 24.6. The Morgan fingerprint density at radius 1 is 0.586 bits per heavy atom. The van der Waals surface area contributed by atoms with Crippen LogP contribution in [0.5, 0.6) is 5.75 Å². The Labute approximate surface area is 379 Å². The molecule has 0 aliphatic rings. The van der Waals surface area contributed by atoms with Crippen molar-refractivity contribution in [2.45, 2.75) is 6.92 Å². The van der Waals surface area contributed by atoms with E-state index in [1.165, 1.54) is 16.9 Å². The monoisotopic (exact) mass is 942 g/mol. The van der Waals surface area contributed by atoms with Crippen LogP contribution < -0.4 is 32.1 Å². The normalized spacial score (nSPS) is 10.9. The third-order valence-electron chi connectivity index (χ3n) is 9.38. The summed E-state index contributed by atoms with van der Waals surface area (Å²) in [5.74, 6) is -0.920. The van der Waals surface area contributed by atoms with Crippen LogP contribution in [-0.4, -0.2) is 15.5 Å². The van der Waals surface area contributed by atoms with Crippen molar-refractivity contribution in [3.05, 3.63) is 228 Å². The van der Waals surface area contributed by atoms with Gasteiger partial charge >= 0.3 is 0 Å². The molecule has 0 aliphatic heterocycles. The van der Waals surface area contributed by atoms with E-state index in [0.717, 1.165) is 31.8 Å². The third kappa shape index (κ3) is 9.34. The Morgan fingerprint density at radius 3 is 1.34 bits per heavy atom. The topological polar surface area (TPSA) is 107 Å². The Hall–Kier alpha value is -4.94. The number of carbonyl (C=O) groups is 1. The molecule has 0 fully saturated rings. The fourth-order valence-corrected chi connectivity index (χ4v) is 11.5. The average molecular weight is 942 g/mol. The van der Waals surface area contributed by atoms with Gasteiger partial charge in [-0.3, -0.25) is 9.59 Å². The van der Waals surface area contributed by atoms with Crippen LogP contribution in [0.4, 0.5) is 0 Å². The number of carbonyl (C=O) groups excluding carboxylic acids is 1. The minimum atomic E-state index is -2.78. The zero-order valence-electron chi connectivity index (χ0n) is 31.9. The van der Waals surface area contributed by atoms with Crippen LogP contribution >= 0.6 is 14.3 Å². The van der Waals surface area contributed by atoms with Crippen molar-refractivity contribution in [1.29, 1.82) is 0 Å². The molecule has 2 aromatic heterocycles. The van der Waals surface area contributed by atoms with Crippen LogP contribution in [-0.2, 0) is 16.2 Å². The number of ketones is 1. The second-order valence-corrected chi connectivity index (χ2v) is 18.8. The van der Waals surface area contributed by atoms with Crippen LogP contribution in [0.3, 0.4) is 0 Å². The second kappa shape index (κ2) is 20.2. The molecule has 6 aromatic carbocycles. The molecule has 1 N–H and O–H groups in total. The zero-order valence-corrected chi connectivity index (χ0v) is 36.1. The van der Waals surface area contributed by atoms with Crippen LogP contribution in [0.1, 0.15) is 23.0 Å². The van der Waals surface area contributed by atoms with Crippen molar-refractivity contribution in [2.75, 3.05) is 0 Å². The number of hydrogen-bond donors (Lipinski definition) is 1. The van der Waals surface area contributed by atoms with E-state index in [0.29, 0.717) is 10.9 Å². The van der Waals surface area contributed by atoms with E-state index < -0.39 is 25.6 Å². The van der Waals surface area contributed by atoms with Gasteiger partial charge in [0, 0.05) is 88.3 Å². The van der Waals surface area contributed by atoms with Gasteiger partial charge in [0.1, 0.15) is 11.3 Å². The molecule has 58 heavy (non-hydrogen) atoms. The van der Waals surface area contributed by atoms with Crippen molar-refractivity contribution in [1.82, 2.24) is 4.57 Å². The number of aryl methyl sites for hydroxylation is 1. The molecule has 1 radical (unpaired) electrons. The van der Waals surface area contributed by atoms with E-state index in [1.807, 2.05) is 159 Å². The quantitative estimate of drug-likeness (QED) is 0.121. The summed E-state index contributed by atoms with van der Waals surface area (Å²) in [6, 6.07) is 58.1. The van der Waals surface area contributed by atoms with E-state index in [-0.39, 0.29) is 66.4 Å². The molecule has 291 valence electrons. The Morgan fingerprint density at radius 2 is 0.966 bits per heavy atom. The van der Waals surface area contributed by atoms with Gasteiger partial charge in [0.15, 0.2) is 20.0 Å². The van der Waals surface area contributed by atoms with Gasteiger partial charge in [0.25, 0.3) is 5.56 Å². The minimum Gasteiger partial charge on any atom is -0.506 e. The Balaban J connectivity index is 0.000000165. The molecule has 7 nitrogen and oxygen atoms in total. The number of rotatable bonds is 8. The Bertz CT molecular complexity index is 2610. The van der Waals surface area contributed by atoms with Crippen molar-refractivity contribution < 1.29 is 72.8 Å². The SMILES string of the molecule is C=C(C)P(=O)(c1ccccc1)c1ccccc1.Cn1c(=O)c(C(=O)c2ccco2)c(O)c2ccccc21.O=P(c1ccccc1)(c1ccccc1)c1ccccc1.[Eu]. The number of benzene rings is 6. The van der Waals surface area contributed by atoms with Crippen molar-refractivity contribution >= 4 is 57.5 Å². The molecular weight excluding hydrogens is 900 g/mol. The van der Waals surface area contributed by atoms with Crippen LogP contribution in [0, 0.1) is 49.4 Å². The first-order chi connectivity index (χ1) is 27.6. The summed E-state index contributed by atoms with van der Waals surface area (Å²) >= 11 is 0. The predicted octanol–water partition coefficient (Wildman–Crippen LogP) is 8.93. The molecule has 0 unspecified atom stereocenters. The zero-order chi connectivity index (χ0) is 40.4. The molecular formula is C48H41EuNO6P2. The first-order valence-electron chi connectivity index (χ1n) is 18.1. The summed E-state index contributed by atoms with van der Waals surface area (Å²) in [6.07, 6.45) is 1.34.